The number of nitrogens with zero attached hydrogens (tertiary/aromatic N) is 1. The Morgan fingerprint density at radius 3 is 2.68 bits per heavy atom. The molecule has 6 nitrogen and oxygen atoms in total. The van der Waals surface area contributed by atoms with Gasteiger partial charge >= 0.3 is 5.97 Å². The Labute approximate surface area is 132 Å². The second kappa shape index (κ2) is 7.73. The van der Waals surface area contributed by atoms with Crippen molar-refractivity contribution in [1.29, 1.82) is 0 Å². The summed E-state index contributed by atoms with van der Waals surface area (Å²) in [5, 5.41) is 20.6. The van der Waals surface area contributed by atoms with Gasteiger partial charge in [-0.25, -0.2) is 0 Å². The number of esters is 1. The van der Waals surface area contributed by atoms with E-state index in [0.29, 0.717) is 12.8 Å². The molecule has 0 radical (unpaired) electrons. The number of cyclic esters (lactones) is 1. The zero-order valence-corrected chi connectivity index (χ0v) is 13.8. The van der Waals surface area contributed by atoms with Crippen LogP contribution in [0.5, 0.6) is 0 Å². The largest absolute Gasteiger partial charge is 0.463 e. The van der Waals surface area contributed by atoms with E-state index in [2.05, 4.69) is 4.90 Å². The van der Waals surface area contributed by atoms with Crippen LogP contribution in [0.1, 0.15) is 39.5 Å². The van der Waals surface area contributed by atoms with Gasteiger partial charge in [0.25, 0.3) is 0 Å². The average molecular weight is 315 g/mol. The summed E-state index contributed by atoms with van der Waals surface area (Å²) in [6, 6.07) is 0.0138. The van der Waals surface area contributed by atoms with Crippen LogP contribution in [0, 0.1) is 5.92 Å². The Balaban J connectivity index is 2.24. The standard InChI is InChI=1S/C16H29NO5/c1-10-7-13-8-12(18)5-4-6-17(3)11(2)15(22-13)14(19)9-21-16(10)20/h10-15,18-19H,4-9H2,1-3H3/t10-,11-,12-,13+,14-,15?/m1/s1. The third-order valence-corrected chi connectivity index (χ3v) is 4.90. The van der Waals surface area contributed by atoms with Crippen molar-refractivity contribution in [2.45, 2.75) is 70.0 Å². The molecule has 2 aliphatic heterocycles. The van der Waals surface area contributed by atoms with Crippen LogP contribution in [0.2, 0.25) is 0 Å². The van der Waals surface area contributed by atoms with Gasteiger partial charge in [-0.3, -0.25) is 4.79 Å². The fourth-order valence-corrected chi connectivity index (χ4v) is 3.30. The first-order valence-electron chi connectivity index (χ1n) is 8.27. The molecule has 1 unspecified atom stereocenters. The fourth-order valence-electron chi connectivity index (χ4n) is 3.30. The van der Waals surface area contributed by atoms with Gasteiger partial charge in [-0.15, -0.1) is 0 Å². The molecule has 0 saturated carbocycles. The molecule has 2 aliphatic rings. The number of fused-ring (bicyclic) bond motifs is 2. The van der Waals surface area contributed by atoms with E-state index in [0.717, 1.165) is 19.4 Å². The maximum atomic E-state index is 11.9. The minimum absolute atomic E-state index is 0.0138. The summed E-state index contributed by atoms with van der Waals surface area (Å²) >= 11 is 0. The van der Waals surface area contributed by atoms with Gasteiger partial charge in [-0.1, -0.05) is 6.92 Å². The Hall–Kier alpha value is -0.690. The predicted molar refractivity (Wildman–Crippen MR) is 81.4 cm³/mol. The monoisotopic (exact) mass is 315 g/mol. The lowest BCUT2D eigenvalue weighted by atomic mass is 9.96. The molecular formula is C16H29NO5. The van der Waals surface area contributed by atoms with Gasteiger partial charge in [0.15, 0.2) is 0 Å². The summed E-state index contributed by atoms with van der Waals surface area (Å²) in [4.78, 5) is 14.1. The molecule has 0 spiro atoms. The molecule has 2 heterocycles. The van der Waals surface area contributed by atoms with E-state index in [1.54, 1.807) is 6.92 Å². The molecule has 22 heavy (non-hydrogen) atoms. The predicted octanol–water partition coefficient (Wildman–Crippen LogP) is 0.549. The third-order valence-electron chi connectivity index (χ3n) is 4.90. The minimum Gasteiger partial charge on any atom is -0.463 e. The first kappa shape index (κ1) is 17.7. The third kappa shape index (κ3) is 4.41. The molecule has 0 amide bonds. The molecule has 2 rings (SSSR count). The topological polar surface area (TPSA) is 79.2 Å². The number of likely N-dealkylation sites (N-methyl/N-ethyl adjacent to an activating group) is 1. The van der Waals surface area contributed by atoms with Crippen LogP contribution in [0.4, 0.5) is 0 Å². The Morgan fingerprint density at radius 1 is 1.23 bits per heavy atom. The number of aliphatic hydroxyl groups excluding tert-OH is 2. The number of ether oxygens (including phenoxy) is 2. The summed E-state index contributed by atoms with van der Waals surface area (Å²) in [6.07, 6.45) is 0.667. The highest BCUT2D eigenvalue weighted by Gasteiger charge is 2.36. The summed E-state index contributed by atoms with van der Waals surface area (Å²) in [7, 11) is 1.99. The number of aliphatic hydroxyl groups is 2. The van der Waals surface area contributed by atoms with Crippen molar-refractivity contribution in [1.82, 2.24) is 4.90 Å². The molecule has 0 aliphatic carbocycles. The highest BCUT2D eigenvalue weighted by Crippen LogP contribution is 2.25. The van der Waals surface area contributed by atoms with E-state index in [1.807, 2.05) is 14.0 Å². The second-order valence-electron chi connectivity index (χ2n) is 6.81. The molecule has 2 N–H and O–H groups in total. The van der Waals surface area contributed by atoms with Gasteiger partial charge in [-0.2, -0.15) is 0 Å². The van der Waals surface area contributed by atoms with E-state index in [1.165, 1.54) is 0 Å². The lowest BCUT2D eigenvalue weighted by molar-refractivity contribution is -0.153. The van der Waals surface area contributed by atoms with Crippen molar-refractivity contribution in [3.8, 4) is 0 Å². The van der Waals surface area contributed by atoms with Gasteiger partial charge in [0.05, 0.1) is 18.1 Å². The normalized spacial score (nSPS) is 42.7. The van der Waals surface area contributed by atoms with Gasteiger partial charge in [0.1, 0.15) is 18.8 Å². The van der Waals surface area contributed by atoms with Crippen LogP contribution >= 0.6 is 0 Å². The number of carbonyl (C=O) groups excluding carboxylic acids is 1. The SMILES string of the molecule is C[C@@H]1C[C@H]2C[C@H](O)CCCN(C)[C@H](C)C(O2)[C@H](O)COC1=O. The van der Waals surface area contributed by atoms with Crippen molar-refractivity contribution in [3.63, 3.8) is 0 Å². The van der Waals surface area contributed by atoms with Gasteiger partial charge in [0, 0.05) is 6.04 Å². The van der Waals surface area contributed by atoms with Crippen LogP contribution in [0.25, 0.3) is 0 Å². The molecule has 2 bridgehead atoms. The number of hydrogen-bond donors (Lipinski definition) is 2. The number of carbonyl (C=O) groups is 1. The van der Waals surface area contributed by atoms with Crippen molar-refractivity contribution in [2.75, 3.05) is 20.2 Å². The Bertz CT molecular complexity index is 378. The van der Waals surface area contributed by atoms with Gasteiger partial charge in [0.2, 0.25) is 0 Å². The second-order valence-corrected chi connectivity index (χ2v) is 6.81. The van der Waals surface area contributed by atoms with E-state index < -0.39 is 18.3 Å². The van der Waals surface area contributed by atoms with Crippen LogP contribution in [-0.2, 0) is 14.3 Å². The van der Waals surface area contributed by atoms with Crippen molar-refractivity contribution < 1.29 is 24.5 Å². The van der Waals surface area contributed by atoms with Gasteiger partial charge in [-0.05, 0) is 46.2 Å². The highest BCUT2D eigenvalue weighted by atomic mass is 16.6. The Morgan fingerprint density at radius 2 is 1.95 bits per heavy atom. The van der Waals surface area contributed by atoms with Crippen LogP contribution in [0.15, 0.2) is 0 Å². The number of rotatable bonds is 0. The fraction of sp³-hybridized carbons (Fsp3) is 0.938. The quantitative estimate of drug-likeness (QED) is 0.636. The van der Waals surface area contributed by atoms with Crippen LogP contribution < -0.4 is 0 Å². The molecule has 6 heteroatoms. The van der Waals surface area contributed by atoms with Crippen LogP contribution in [0.3, 0.4) is 0 Å². The smallest absolute Gasteiger partial charge is 0.308 e. The first-order valence-corrected chi connectivity index (χ1v) is 8.27. The van der Waals surface area contributed by atoms with E-state index in [4.69, 9.17) is 9.47 Å². The maximum Gasteiger partial charge on any atom is 0.308 e. The van der Waals surface area contributed by atoms with Crippen molar-refractivity contribution in [3.05, 3.63) is 0 Å². The zero-order valence-electron chi connectivity index (χ0n) is 13.8. The molecule has 2 saturated heterocycles. The van der Waals surface area contributed by atoms with Crippen molar-refractivity contribution >= 4 is 5.97 Å². The van der Waals surface area contributed by atoms with E-state index >= 15 is 0 Å². The first-order chi connectivity index (χ1) is 10.4. The molecular weight excluding hydrogens is 286 g/mol. The van der Waals surface area contributed by atoms with Gasteiger partial charge < -0.3 is 24.6 Å². The molecule has 6 atom stereocenters. The average Bonchev–Trinajstić information content (AvgIpc) is 2.51. The molecule has 0 aromatic rings. The highest BCUT2D eigenvalue weighted by molar-refractivity contribution is 5.72. The lowest BCUT2D eigenvalue weighted by Crippen LogP contribution is -2.50. The zero-order chi connectivity index (χ0) is 16.3. The summed E-state index contributed by atoms with van der Waals surface area (Å²) in [5.74, 6) is -0.599. The van der Waals surface area contributed by atoms with E-state index in [-0.39, 0.29) is 30.6 Å². The van der Waals surface area contributed by atoms with E-state index in [9.17, 15) is 15.0 Å². The summed E-state index contributed by atoms with van der Waals surface area (Å²) in [6.45, 7) is 4.62. The molecule has 0 aromatic heterocycles. The minimum atomic E-state index is -0.856. The molecule has 0 aromatic carbocycles. The summed E-state index contributed by atoms with van der Waals surface area (Å²) in [5.41, 5.74) is 0. The Kier molecular flexibility index (Phi) is 6.20. The molecule has 128 valence electrons. The summed E-state index contributed by atoms with van der Waals surface area (Å²) < 4.78 is 11.3. The number of hydrogen-bond acceptors (Lipinski definition) is 6. The van der Waals surface area contributed by atoms with Crippen molar-refractivity contribution in [2.24, 2.45) is 5.92 Å². The lowest BCUT2D eigenvalue weighted by Gasteiger charge is -2.38. The molecule has 2 fully saturated rings. The maximum absolute atomic E-state index is 11.9. The van der Waals surface area contributed by atoms with Crippen LogP contribution in [-0.4, -0.2) is 71.7 Å².